The van der Waals surface area contributed by atoms with E-state index in [1.54, 1.807) is 0 Å². The van der Waals surface area contributed by atoms with E-state index in [1.807, 2.05) is 31.2 Å². The van der Waals surface area contributed by atoms with Gasteiger partial charge in [-0.05, 0) is 19.8 Å². The molecule has 1 aliphatic carbocycles. The molecule has 7 heteroatoms. The summed E-state index contributed by atoms with van der Waals surface area (Å²) in [5, 5.41) is 6.90. The third-order valence-electron chi connectivity index (χ3n) is 4.97. The van der Waals surface area contributed by atoms with Crippen LogP contribution >= 0.6 is 0 Å². The number of imide groups is 1. The largest absolute Gasteiger partial charge is 0.337 e. The van der Waals surface area contributed by atoms with E-state index in [2.05, 4.69) is 15.5 Å². The fourth-order valence-corrected chi connectivity index (χ4v) is 3.56. The average Bonchev–Trinajstić information content (AvgIpc) is 3.08. The number of fused-ring (bicyclic) bond motifs is 1. The van der Waals surface area contributed by atoms with Crippen molar-refractivity contribution in [3.63, 3.8) is 0 Å². The summed E-state index contributed by atoms with van der Waals surface area (Å²) in [4.78, 5) is 30.5. The first-order valence-electron chi connectivity index (χ1n) is 8.63. The minimum Gasteiger partial charge on any atom is -0.337 e. The minimum absolute atomic E-state index is 0.00669. The van der Waals surface area contributed by atoms with Crippen LogP contribution in [0.4, 0.5) is 4.79 Å². The number of nitrogens with one attached hydrogen (secondary N) is 1. The first kappa shape index (κ1) is 15.8. The zero-order valence-electron chi connectivity index (χ0n) is 14.1. The predicted molar refractivity (Wildman–Crippen MR) is 89.3 cm³/mol. The molecule has 1 N–H and O–H groups in total. The van der Waals surface area contributed by atoms with Crippen molar-refractivity contribution in [3.8, 4) is 11.4 Å². The van der Waals surface area contributed by atoms with Gasteiger partial charge in [0.25, 0.3) is 0 Å². The topological polar surface area (TPSA) is 88.3 Å². The van der Waals surface area contributed by atoms with E-state index < -0.39 is 0 Å². The van der Waals surface area contributed by atoms with E-state index in [-0.39, 0.29) is 36.3 Å². The third kappa shape index (κ3) is 3.01. The van der Waals surface area contributed by atoms with Crippen LogP contribution in [0, 0.1) is 12.8 Å². The number of hydrogen-bond acceptors (Lipinski definition) is 5. The zero-order valence-corrected chi connectivity index (χ0v) is 14.1. The highest BCUT2D eigenvalue weighted by molar-refractivity contribution is 5.98. The van der Waals surface area contributed by atoms with Gasteiger partial charge in [0.1, 0.15) is 6.54 Å². The molecule has 0 radical (unpaired) electrons. The zero-order chi connectivity index (χ0) is 17.4. The van der Waals surface area contributed by atoms with E-state index in [0.717, 1.165) is 36.8 Å². The van der Waals surface area contributed by atoms with E-state index in [1.165, 1.54) is 4.90 Å². The fourth-order valence-electron chi connectivity index (χ4n) is 3.56. The first-order chi connectivity index (χ1) is 12.1. The maximum atomic E-state index is 12.7. The van der Waals surface area contributed by atoms with Crippen molar-refractivity contribution in [1.29, 1.82) is 0 Å². The molecule has 4 rings (SSSR count). The Labute approximate surface area is 145 Å². The molecule has 0 spiro atoms. The highest BCUT2D eigenvalue weighted by Gasteiger charge is 2.42. The van der Waals surface area contributed by atoms with Crippen molar-refractivity contribution < 1.29 is 14.1 Å². The van der Waals surface area contributed by atoms with Crippen LogP contribution in [0.2, 0.25) is 0 Å². The molecule has 1 aromatic heterocycles. The van der Waals surface area contributed by atoms with Crippen molar-refractivity contribution >= 4 is 11.9 Å². The Morgan fingerprint density at radius 2 is 1.96 bits per heavy atom. The van der Waals surface area contributed by atoms with Crippen LogP contribution in [0.15, 0.2) is 28.8 Å². The number of aryl methyl sites for hydroxylation is 1. The lowest BCUT2D eigenvalue weighted by atomic mass is 9.82. The van der Waals surface area contributed by atoms with Gasteiger partial charge < -0.3 is 9.84 Å². The minimum atomic E-state index is -0.372. The summed E-state index contributed by atoms with van der Waals surface area (Å²) >= 11 is 0. The van der Waals surface area contributed by atoms with Crippen molar-refractivity contribution in [2.45, 2.75) is 45.2 Å². The van der Waals surface area contributed by atoms with Crippen LogP contribution in [0.3, 0.4) is 0 Å². The first-order valence-corrected chi connectivity index (χ1v) is 8.63. The molecule has 2 aliphatic rings. The molecule has 2 unspecified atom stereocenters. The number of urea groups is 1. The molecule has 3 amide bonds. The molecule has 2 fully saturated rings. The van der Waals surface area contributed by atoms with Gasteiger partial charge in [-0.15, -0.1) is 0 Å². The number of hydrogen-bond donors (Lipinski definition) is 1. The molecule has 7 nitrogen and oxygen atoms in total. The van der Waals surface area contributed by atoms with Gasteiger partial charge in [0, 0.05) is 11.6 Å². The van der Waals surface area contributed by atoms with Gasteiger partial charge in [-0.3, -0.25) is 9.69 Å². The molecule has 2 aromatic rings. The molecule has 1 aliphatic heterocycles. The summed E-state index contributed by atoms with van der Waals surface area (Å²) in [7, 11) is 0. The summed E-state index contributed by atoms with van der Waals surface area (Å²) in [6.45, 7) is 2.01. The Kier molecular flexibility index (Phi) is 3.99. The fraction of sp³-hybridized carbons (Fsp3) is 0.444. The van der Waals surface area contributed by atoms with Crippen molar-refractivity contribution in [2.24, 2.45) is 5.92 Å². The van der Waals surface area contributed by atoms with E-state index in [9.17, 15) is 9.59 Å². The Hall–Kier alpha value is -2.70. The molecular weight excluding hydrogens is 320 g/mol. The van der Waals surface area contributed by atoms with E-state index in [4.69, 9.17) is 4.52 Å². The quantitative estimate of drug-likeness (QED) is 0.928. The van der Waals surface area contributed by atoms with Crippen LogP contribution in [0.25, 0.3) is 11.4 Å². The van der Waals surface area contributed by atoms with Gasteiger partial charge in [-0.2, -0.15) is 4.98 Å². The van der Waals surface area contributed by atoms with Crippen LogP contribution in [0.5, 0.6) is 0 Å². The molecule has 1 saturated heterocycles. The van der Waals surface area contributed by atoms with Crippen molar-refractivity contribution in [2.75, 3.05) is 0 Å². The number of rotatable bonds is 3. The lowest BCUT2D eigenvalue weighted by Crippen LogP contribution is -2.60. The summed E-state index contributed by atoms with van der Waals surface area (Å²) in [5.74, 6) is 0.443. The second-order valence-corrected chi connectivity index (χ2v) is 6.75. The number of aromatic nitrogens is 2. The van der Waals surface area contributed by atoms with Crippen molar-refractivity contribution in [1.82, 2.24) is 20.4 Å². The predicted octanol–water partition coefficient (Wildman–Crippen LogP) is 2.66. The van der Waals surface area contributed by atoms with Gasteiger partial charge >= 0.3 is 6.03 Å². The Balaban J connectivity index is 1.51. The van der Waals surface area contributed by atoms with Crippen LogP contribution in [-0.4, -0.2) is 33.0 Å². The van der Waals surface area contributed by atoms with E-state index in [0.29, 0.717) is 5.82 Å². The molecule has 130 valence electrons. The number of nitrogens with zero attached hydrogens (tertiary/aromatic N) is 3. The normalized spacial score (nSPS) is 23.3. The van der Waals surface area contributed by atoms with Gasteiger partial charge in [0.15, 0.2) is 0 Å². The molecule has 0 bridgehead atoms. The molecule has 2 atom stereocenters. The number of carbonyl (C=O) groups excluding carboxylic acids is 2. The molecule has 1 aromatic carbocycles. The summed E-state index contributed by atoms with van der Waals surface area (Å²) < 4.78 is 5.25. The van der Waals surface area contributed by atoms with Crippen molar-refractivity contribution in [3.05, 3.63) is 35.7 Å². The standard InChI is InChI=1S/C18H20N4O3/c1-11-6-8-12(9-7-11)16-20-15(25-21-16)10-22-17(23)13-4-2-3-5-14(13)19-18(22)24/h6-9,13-14H,2-5,10H2,1H3,(H,19,24). The average molecular weight is 340 g/mol. The highest BCUT2D eigenvalue weighted by Crippen LogP contribution is 2.30. The Morgan fingerprint density at radius 3 is 2.76 bits per heavy atom. The number of amides is 3. The summed E-state index contributed by atoms with van der Waals surface area (Å²) in [5.41, 5.74) is 1.98. The highest BCUT2D eigenvalue weighted by atomic mass is 16.5. The molecule has 2 heterocycles. The second kappa shape index (κ2) is 6.31. The Morgan fingerprint density at radius 1 is 1.20 bits per heavy atom. The van der Waals surface area contributed by atoms with Gasteiger partial charge in [0.2, 0.25) is 17.6 Å². The van der Waals surface area contributed by atoms with Crippen LogP contribution in [-0.2, 0) is 11.3 Å². The van der Waals surface area contributed by atoms with Crippen LogP contribution < -0.4 is 5.32 Å². The van der Waals surface area contributed by atoms with E-state index >= 15 is 0 Å². The summed E-state index contributed by atoms with van der Waals surface area (Å²) in [6, 6.07) is 7.36. The molecule has 1 saturated carbocycles. The maximum Gasteiger partial charge on any atom is 0.324 e. The van der Waals surface area contributed by atoms with Gasteiger partial charge in [0.05, 0.1) is 5.92 Å². The maximum absolute atomic E-state index is 12.7. The molecular formula is C18H20N4O3. The third-order valence-corrected chi connectivity index (χ3v) is 4.97. The number of benzene rings is 1. The second-order valence-electron chi connectivity index (χ2n) is 6.75. The van der Waals surface area contributed by atoms with Crippen LogP contribution in [0.1, 0.15) is 37.1 Å². The van der Waals surface area contributed by atoms with Gasteiger partial charge in [-0.1, -0.05) is 47.8 Å². The Bertz CT molecular complexity index is 799. The lowest BCUT2D eigenvalue weighted by Gasteiger charge is -2.39. The number of carbonyl (C=O) groups is 2. The monoisotopic (exact) mass is 340 g/mol. The summed E-state index contributed by atoms with van der Waals surface area (Å²) in [6.07, 6.45) is 3.76. The SMILES string of the molecule is Cc1ccc(-c2noc(CN3C(=O)NC4CCCCC4C3=O)n2)cc1. The molecule has 25 heavy (non-hydrogen) atoms. The van der Waals surface area contributed by atoms with Gasteiger partial charge in [-0.25, -0.2) is 4.79 Å². The smallest absolute Gasteiger partial charge is 0.324 e. The lowest BCUT2D eigenvalue weighted by molar-refractivity contribution is -0.137.